The van der Waals surface area contributed by atoms with Crippen molar-refractivity contribution in [2.45, 2.75) is 32.9 Å². The highest BCUT2D eigenvalue weighted by Gasteiger charge is 2.42. The summed E-state index contributed by atoms with van der Waals surface area (Å²) in [6.45, 7) is 6.13. The first-order chi connectivity index (χ1) is 17.8. The summed E-state index contributed by atoms with van der Waals surface area (Å²) < 4.78 is 7.64. The predicted molar refractivity (Wildman–Crippen MR) is 148 cm³/mol. The van der Waals surface area contributed by atoms with E-state index in [2.05, 4.69) is 57.0 Å². The van der Waals surface area contributed by atoms with Crippen molar-refractivity contribution in [1.82, 2.24) is 14.9 Å². The molecule has 5 rings (SSSR count). The molecule has 188 valence electrons. The van der Waals surface area contributed by atoms with Crippen molar-refractivity contribution in [3.8, 4) is 11.4 Å². The molecule has 1 fully saturated rings. The molecule has 1 N–H and O–H groups in total. The molecular weight excluding hydrogens is 486 g/mol. The number of rotatable bonds is 6. The highest BCUT2D eigenvalue weighted by atomic mass is 32.1. The number of hydrogen-bond acceptors (Lipinski definition) is 5. The summed E-state index contributed by atoms with van der Waals surface area (Å²) >= 11 is 5.86. The highest BCUT2D eigenvalue weighted by molar-refractivity contribution is 7.80. The van der Waals surface area contributed by atoms with Crippen LogP contribution in [0.1, 0.15) is 40.3 Å². The number of nitro groups is 1. The summed E-state index contributed by atoms with van der Waals surface area (Å²) in [6.07, 6.45) is 1.79. The Morgan fingerprint density at radius 3 is 2.46 bits per heavy atom. The molecule has 1 aliphatic heterocycles. The number of benzene rings is 2. The van der Waals surface area contributed by atoms with Crippen molar-refractivity contribution in [2.24, 2.45) is 0 Å². The molecule has 0 aliphatic carbocycles. The van der Waals surface area contributed by atoms with Gasteiger partial charge in [0.2, 0.25) is 0 Å². The molecule has 2 aromatic carbocycles. The average Bonchev–Trinajstić information content (AvgIpc) is 3.39. The third kappa shape index (κ3) is 4.31. The van der Waals surface area contributed by atoms with Gasteiger partial charge in [-0.05, 0) is 75.0 Å². The first kappa shape index (κ1) is 24.5. The normalized spacial score (nSPS) is 17.1. The first-order valence-corrected chi connectivity index (χ1v) is 12.3. The number of aromatic nitrogens is 2. The molecule has 0 saturated carbocycles. The Labute approximate surface area is 220 Å². The van der Waals surface area contributed by atoms with E-state index in [1.165, 1.54) is 24.8 Å². The molecule has 4 aromatic rings. The zero-order valence-electron chi connectivity index (χ0n) is 21.0. The third-order valence-corrected chi connectivity index (χ3v) is 7.13. The number of non-ortho nitro benzene ring substituents is 1. The van der Waals surface area contributed by atoms with E-state index in [-0.39, 0.29) is 17.8 Å². The second kappa shape index (κ2) is 9.67. The van der Waals surface area contributed by atoms with Crippen LogP contribution in [-0.2, 0) is 0 Å². The topological polar surface area (TPSA) is 85.5 Å². The monoisotopic (exact) mass is 513 g/mol. The van der Waals surface area contributed by atoms with E-state index in [0.29, 0.717) is 10.9 Å². The first-order valence-electron chi connectivity index (χ1n) is 11.9. The van der Waals surface area contributed by atoms with Gasteiger partial charge in [-0.25, -0.2) is 0 Å². The van der Waals surface area contributed by atoms with Crippen LogP contribution in [0.15, 0.2) is 72.9 Å². The lowest BCUT2D eigenvalue weighted by molar-refractivity contribution is -0.384. The fourth-order valence-corrected chi connectivity index (χ4v) is 5.42. The van der Waals surface area contributed by atoms with Gasteiger partial charge in [0.05, 0.1) is 41.6 Å². The number of nitrogens with zero attached hydrogens (tertiary/aromatic N) is 4. The van der Waals surface area contributed by atoms with Crippen molar-refractivity contribution in [2.75, 3.05) is 12.0 Å². The third-order valence-electron chi connectivity index (χ3n) is 6.81. The van der Waals surface area contributed by atoms with Crippen LogP contribution >= 0.6 is 12.2 Å². The molecule has 0 radical (unpaired) electrons. The van der Waals surface area contributed by atoms with Crippen LogP contribution < -0.4 is 15.0 Å². The van der Waals surface area contributed by atoms with Crippen LogP contribution in [0, 0.1) is 30.9 Å². The van der Waals surface area contributed by atoms with E-state index in [0.717, 1.165) is 34.0 Å². The number of anilines is 1. The molecule has 0 unspecified atom stereocenters. The smallest absolute Gasteiger partial charge is 0.273 e. The molecule has 0 amide bonds. The van der Waals surface area contributed by atoms with Gasteiger partial charge in [-0.3, -0.25) is 15.1 Å². The SMILES string of the molecule is COc1cc([N+](=O)[O-])ccc1-n1c(C)cc([C@@H]2[C@@H](c3ccccn3)NC(=S)N2c2ccc(C)cc2)c1C. The standard InChI is InChI=1S/C28H27N5O3S/c1-17-8-10-20(11-9-17)32-27(26(30-28(32)37)23-7-5-6-14-29-23)22-15-18(2)31(19(22)3)24-13-12-21(33(34)35)16-25(24)36-4/h5-16,26-27H,1-4H3,(H,30,37)/t26-,27-/m1/s1. The Hall–Kier alpha value is -4.24. The van der Waals surface area contributed by atoms with E-state index in [1.807, 2.05) is 32.0 Å². The van der Waals surface area contributed by atoms with Crippen molar-refractivity contribution in [3.63, 3.8) is 0 Å². The summed E-state index contributed by atoms with van der Waals surface area (Å²) in [5.74, 6) is 0.430. The predicted octanol–water partition coefficient (Wildman–Crippen LogP) is 5.89. The molecule has 2 atom stereocenters. The quantitative estimate of drug-likeness (QED) is 0.195. The lowest BCUT2D eigenvalue weighted by Crippen LogP contribution is -2.29. The summed E-state index contributed by atoms with van der Waals surface area (Å²) in [7, 11) is 1.52. The Balaban J connectivity index is 1.68. The van der Waals surface area contributed by atoms with Crippen molar-refractivity contribution >= 4 is 28.7 Å². The lowest BCUT2D eigenvalue weighted by atomic mass is 9.96. The van der Waals surface area contributed by atoms with Gasteiger partial charge in [0.15, 0.2) is 5.11 Å². The van der Waals surface area contributed by atoms with Crippen molar-refractivity contribution in [3.05, 3.63) is 111 Å². The highest BCUT2D eigenvalue weighted by Crippen LogP contribution is 2.44. The Morgan fingerprint density at radius 2 is 1.81 bits per heavy atom. The molecule has 1 aliphatic rings. The second-order valence-electron chi connectivity index (χ2n) is 9.11. The van der Waals surface area contributed by atoms with E-state index >= 15 is 0 Å². The molecule has 0 bridgehead atoms. The summed E-state index contributed by atoms with van der Waals surface area (Å²) in [6, 6.07) is 20.7. The molecule has 1 saturated heterocycles. The number of pyridine rings is 1. The minimum atomic E-state index is -0.421. The summed E-state index contributed by atoms with van der Waals surface area (Å²) in [4.78, 5) is 17.7. The maximum absolute atomic E-state index is 11.3. The van der Waals surface area contributed by atoms with Crippen LogP contribution in [0.3, 0.4) is 0 Å². The fourth-order valence-electron chi connectivity index (χ4n) is 5.08. The fraction of sp³-hybridized carbons (Fsp3) is 0.214. The number of hydrogen-bond donors (Lipinski definition) is 1. The zero-order valence-corrected chi connectivity index (χ0v) is 21.8. The van der Waals surface area contributed by atoms with Gasteiger partial charge >= 0.3 is 0 Å². The van der Waals surface area contributed by atoms with Gasteiger partial charge in [-0.2, -0.15) is 0 Å². The number of aryl methyl sites for hydroxylation is 2. The van der Waals surface area contributed by atoms with E-state index in [9.17, 15) is 10.1 Å². The number of nitrogens with one attached hydrogen (secondary N) is 1. The number of ether oxygens (including phenoxy) is 1. The Morgan fingerprint density at radius 1 is 1.05 bits per heavy atom. The number of thiocarbonyl (C=S) groups is 1. The van der Waals surface area contributed by atoms with Crippen LogP contribution in [-0.4, -0.2) is 26.7 Å². The lowest BCUT2D eigenvalue weighted by Gasteiger charge is -2.28. The van der Waals surface area contributed by atoms with E-state index < -0.39 is 4.92 Å². The molecule has 37 heavy (non-hydrogen) atoms. The van der Waals surface area contributed by atoms with Gasteiger partial charge < -0.3 is 19.5 Å². The Kier molecular flexibility index (Phi) is 6.39. The Bertz CT molecular complexity index is 1480. The van der Waals surface area contributed by atoms with Crippen LogP contribution in [0.25, 0.3) is 5.69 Å². The molecule has 0 spiro atoms. The minimum absolute atomic E-state index is 0.0191. The molecular formula is C28H27N5O3S. The largest absolute Gasteiger partial charge is 0.494 e. The number of nitro benzene ring substituents is 1. The summed E-state index contributed by atoms with van der Waals surface area (Å²) in [5.41, 5.74) is 6.80. The molecule has 2 aromatic heterocycles. The van der Waals surface area contributed by atoms with Gasteiger partial charge in [-0.1, -0.05) is 23.8 Å². The van der Waals surface area contributed by atoms with Crippen molar-refractivity contribution in [1.29, 1.82) is 0 Å². The molecule has 3 heterocycles. The number of methoxy groups -OCH3 is 1. The van der Waals surface area contributed by atoms with Crippen molar-refractivity contribution < 1.29 is 9.66 Å². The minimum Gasteiger partial charge on any atom is -0.494 e. The molecule has 8 nitrogen and oxygen atoms in total. The van der Waals surface area contributed by atoms with E-state index in [4.69, 9.17) is 17.0 Å². The molecule has 9 heteroatoms. The second-order valence-corrected chi connectivity index (χ2v) is 9.49. The van der Waals surface area contributed by atoms with Crippen LogP contribution in [0.4, 0.5) is 11.4 Å². The maximum Gasteiger partial charge on any atom is 0.273 e. The average molecular weight is 514 g/mol. The van der Waals surface area contributed by atoms with Gasteiger partial charge in [0.1, 0.15) is 5.75 Å². The van der Waals surface area contributed by atoms with E-state index in [1.54, 1.807) is 12.3 Å². The van der Waals surface area contributed by atoms with Crippen LogP contribution in [0.2, 0.25) is 0 Å². The zero-order chi connectivity index (χ0) is 26.3. The van der Waals surface area contributed by atoms with Gasteiger partial charge in [0.25, 0.3) is 5.69 Å². The van der Waals surface area contributed by atoms with Gasteiger partial charge in [0, 0.05) is 29.3 Å². The summed E-state index contributed by atoms with van der Waals surface area (Å²) in [5, 5.41) is 15.5. The van der Waals surface area contributed by atoms with Crippen LogP contribution in [0.5, 0.6) is 5.75 Å². The maximum atomic E-state index is 11.3. The van der Waals surface area contributed by atoms with Gasteiger partial charge in [-0.15, -0.1) is 0 Å².